The molecule has 4 aromatic rings. The minimum atomic E-state index is -4.59. The summed E-state index contributed by atoms with van der Waals surface area (Å²) in [7, 11) is 0. The molecular formula is C21H12ClF5N2. The molecule has 3 aromatic carbocycles. The number of hydrogen-bond acceptors (Lipinski definition) is 1. The van der Waals surface area contributed by atoms with Crippen molar-refractivity contribution in [1.82, 2.24) is 9.78 Å². The summed E-state index contributed by atoms with van der Waals surface area (Å²) in [5, 5.41) is 4.86. The maximum atomic E-state index is 13.6. The topological polar surface area (TPSA) is 17.8 Å². The van der Waals surface area contributed by atoms with Crippen molar-refractivity contribution in [1.29, 1.82) is 0 Å². The molecule has 4 rings (SSSR count). The van der Waals surface area contributed by atoms with Crippen molar-refractivity contribution in [2.24, 2.45) is 0 Å². The van der Waals surface area contributed by atoms with Gasteiger partial charge in [0.25, 0.3) is 0 Å². The standard InChI is InChI=1S/C21H12ClF5N2/c22-14-4-1-3-13(10-14)20-15-5-2-6-16(21(25,26)27)19(15)28-29(20)11-12-7-8-17(23)18(24)9-12/h1-10H,11H2. The molecule has 0 unspecified atom stereocenters. The maximum Gasteiger partial charge on any atom is 0.418 e. The van der Waals surface area contributed by atoms with Crippen molar-refractivity contribution >= 4 is 22.5 Å². The first-order valence-electron chi connectivity index (χ1n) is 8.50. The second-order valence-corrected chi connectivity index (χ2v) is 6.90. The molecule has 0 aliphatic carbocycles. The molecule has 0 radical (unpaired) electrons. The van der Waals surface area contributed by atoms with Crippen molar-refractivity contribution in [2.45, 2.75) is 12.7 Å². The molecule has 0 saturated heterocycles. The summed E-state index contributed by atoms with van der Waals surface area (Å²) in [6, 6.07) is 13.7. The highest BCUT2D eigenvalue weighted by atomic mass is 35.5. The van der Waals surface area contributed by atoms with E-state index in [0.717, 1.165) is 18.2 Å². The van der Waals surface area contributed by atoms with Crippen LogP contribution in [0.4, 0.5) is 22.0 Å². The third-order valence-electron chi connectivity index (χ3n) is 4.49. The predicted molar refractivity (Wildman–Crippen MR) is 101 cm³/mol. The molecule has 0 N–H and O–H groups in total. The quantitative estimate of drug-likeness (QED) is 0.336. The van der Waals surface area contributed by atoms with Crippen LogP contribution in [-0.4, -0.2) is 9.78 Å². The molecule has 0 amide bonds. The van der Waals surface area contributed by atoms with Crippen LogP contribution in [0.1, 0.15) is 11.1 Å². The number of hydrogen-bond donors (Lipinski definition) is 0. The van der Waals surface area contributed by atoms with E-state index in [2.05, 4.69) is 5.10 Å². The van der Waals surface area contributed by atoms with Gasteiger partial charge in [0, 0.05) is 16.0 Å². The van der Waals surface area contributed by atoms with Crippen LogP contribution in [0.25, 0.3) is 22.2 Å². The van der Waals surface area contributed by atoms with Gasteiger partial charge in [0.2, 0.25) is 0 Å². The number of halogens is 6. The number of aromatic nitrogens is 2. The van der Waals surface area contributed by atoms with Crippen LogP contribution in [0.15, 0.2) is 60.7 Å². The molecule has 2 nitrogen and oxygen atoms in total. The lowest BCUT2D eigenvalue weighted by molar-refractivity contribution is -0.136. The zero-order valence-corrected chi connectivity index (χ0v) is 15.4. The Morgan fingerprint density at radius 1 is 0.897 bits per heavy atom. The Kier molecular flexibility index (Phi) is 4.78. The molecule has 0 fully saturated rings. The maximum absolute atomic E-state index is 13.6. The van der Waals surface area contributed by atoms with Gasteiger partial charge in [-0.05, 0) is 35.9 Å². The van der Waals surface area contributed by atoms with Gasteiger partial charge in [-0.25, -0.2) is 8.78 Å². The smallest absolute Gasteiger partial charge is 0.259 e. The van der Waals surface area contributed by atoms with E-state index in [9.17, 15) is 22.0 Å². The fourth-order valence-electron chi connectivity index (χ4n) is 3.25. The van der Waals surface area contributed by atoms with Gasteiger partial charge in [-0.3, -0.25) is 4.68 Å². The Morgan fingerprint density at radius 3 is 2.34 bits per heavy atom. The monoisotopic (exact) mass is 422 g/mol. The van der Waals surface area contributed by atoms with Gasteiger partial charge in [-0.1, -0.05) is 41.9 Å². The van der Waals surface area contributed by atoms with E-state index in [1.807, 2.05) is 0 Å². The van der Waals surface area contributed by atoms with Crippen LogP contribution >= 0.6 is 11.6 Å². The lowest BCUT2D eigenvalue weighted by Crippen LogP contribution is -2.07. The van der Waals surface area contributed by atoms with Crippen LogP contribution in [0.2, 0.25) is 5.02 Å². The van der Waals surface area contributed by atoms with E-state index in [0.29, 0.717) is 21.8 Å². The Hall–Kier alpha value is -2.93. The largest absolute Gasteiger partial charge is 0.418 e. The normalized spacial score (nSPS) is 11.9. The molecule has 0 aliphatic heterocycles. The molecule has 0 aliphatic rings. The predicted octanol–water partition coefficient (Wildman–Crippen LogP) is 6.70. The van der Waals surface area contributed by atoms with Gasteiger partial charge >= 0.3 is 6.18 Å². The van der Waals surface area contributed by atoms with E-state index in [-0.39, 0.29) is 17.4 Å². The molecule has 8 heteroatoms. The van der Waals surface area contributed by atoms with Crippen molar-refractivity contribution in [3.63, 3.8) is 0 Å². The fraction of sp³-hybridized carbons (Fsp3) is 0.0952. The van der Waals surface area contributed by atoms with E-state index in [4.69, 9.17) is 11.6 Å². The SMILES string of the molecule is Fc1ccc(Cn2nc3c(C(F)(F)F)cccc3c2-c2cccc(Cl)c2)cc1F. The lowest BCUT2D eigenvalue weighted by atomic mass is 10.0. The van der Waals surface area contributed by atoms with Crippen molar-refractivity contribution in [2.75, 3.05) is 0 Å². The van der Waals surface area contributed by atoms with Crippen molar-refractivity contribution in [3.8, 4) is 11.3 Å². The van der Waals surface area contributed by atoms with Gasteiger partial charge in [0.1, 0.15) is 5.52 Å². The Labute approximate surface area is 167 Å². The second-order valence-electron chi connectivity index (χ2n) is 6.46. The van der Waals surface area contributed by atoms with Crippen LogP contribution in [0.5, 0.6) is 0 Å². The Balaban J connectivity index is 1.96. The molecule has 0 saturated carbocycles. The number of fused-ring (bicyclic) bond motifs is 1. The summed E-state index contributed by atoms with van der Waals surface area (Å²) in [5.74, 6) is -2.05. The molecule has 1 aromatic heterocycles. The highest BCUT2D eigenvalue weighted by Gasteiger charge is 2.34. The van der Waals surface area contributed by atoms with Gasteiger partial charge < -0.3 is 0 Å². The number of rotatable bonds is 3. The highest BCUT2D eigenvalue weighted by molar-refractivity contribution is 6.30. The van der Waals surface area contributed by atoms with Crippen LogP contribution in [0, 0.1) is 11.6 Å². The lowest BCUT2D eigenvalue weighted by Gasteiger charge is -2.09. The molecule has 0 atom stereocenters. The van der Waals surface area contributed by atoms with Crippen molar-refractivity contribution in [3.05, 3.63) is 88.4 Å². The number of nitrogens with zero attached hydrogens (tertiary/aromatic N) is 2. The summed E-state index contributed by atoms with van der Waals surface area (Å²) in [6.45, 7) is -0.0506. The van der Waals surface area contributed by atoms with E-state index < -0.39 is 23.4 Å². The van der Waals surface area contributed by atoms with Gasteiger partial charge in [0.15, 0.2) is 11.6 Å². The van der Waals surface area contributed by atoms with E-state index >= 15 is 0 Å². The van der Waals surface area contributed by atoms with Crippen LogP contribution in [0.3, 0.4) is 0 Å². The summed E-state index contributed by atoms with van der Waals surface area (Å²) < 4.78 is 68.7. The highest BCUT2D eigenvalue weighted by Crippen LogP contribution is 2.38. The average molecular weight is 423 g/mol. The third kappa shape index (κ3) is 3.70. The fourth-order valence-corrected chi connectivity index (χ4v) is 3.44. The summed E-state index contributed by atoms with van der Waals surface area (Å²) >= 11 is 6.07. The molecule has 29 heavy (non-hydrogen) atoms. The number of benzene rings is 3. The third-order valence-corrected chi connectivity index (χ3v) is 4.72. The summed E-state index contributed by atoms with van der Waals surface area (Å²) in [4.78, 5) is 0. The number of alkyl halides is 3. The molecule has 0 spiro atoms. The molecule has 0 bridgehead atoms. The Bertz CT molecular complexity index is 1210. The summed E-state index contributed by atoms with van der Waals surface area (Å²) in [5.41, 5.74) is 0.216. The minimum Gasteiger partial charge on any atom is -0.259 e. The van der Waals surface area contributed by atoms with Gasteiger partial charge in [-0.15, -0.1) is 0 Å². The van der Waals surface area contributed by atoms with E-state index in [1.54, 1.807) is 24.3 Å². The first-order valence-corrected chi connectivity index (χ1v) is 8.88. The molecular weight excluding hydrogens is 411 g/mol. The average Bonchev–Trinajstić information content (AvgIpc) is 3.01. The first kappa shape index (κ1) is 19.4. The molecule has 148 valence electrons. The Morgan fingerprint density at radius 2 is 1.66 bits per heavy atom. The van der Waals surface area contributed by atoms with Crippen molar-refractivity contribution < 1.29 is 22.0 Å². The first-order chi connectivity index (χ1) is 13.7. The van der Waals surface area contributed by atoms with E-state index in [1.165, 1.54) is 22.9 Å². The van der Waals surface area contributed by atoms with Crippen LogP contribution < -0.4 is 0 Å². The van der Waals surface area contributed by atoms with Gasteiger partial charge in [-0.2, -0.15) is 18.3 Å². The van der Waals surface area contributed by atoms with Gasteiger partial charge in [0.05, 0.1) is 17.8 Å². The minimum absolute atomic E-state index is 0.0506. The summed E-state index contributed by atoms with van der Waals surface area (Å²) in [6.07, 6.45) is -4.59. The second kappa shape index (κ2) is 7.15. The zero-order valence-electron chi connectivity index (χ0n) is 14.6. The van der Waals surface area contributed by atoms with Crippen LogP contribution in [-0.2, 0) is 12.7 Å². The zero-order chi connectivity index (χ0) is 20.8. The molecule has 1 heterocycles.